The monoisotopic (exact) mass is 288 g/mol. The van der Waals surface area contributed by atoms with Gasteiger partial charge in [0.1, 0.15) is 5.15 Å². The average molecular weight is 289 g/mol. The molecule has 1 aliphatic rings. The lowest BCUT2D eigenvalue weighted by Gasteiger charge is -2.28. The number of nitrogen functional groups attached to an aromatic ring is 1. The Morgan fingerprint density at radius 2 is 2.20 bits per heavy atom. The highest BCUT2D eigenvalue weighted by Gasteiger charge is 2.21. The number of nitrogens with zero attached hydrogens (tertiary/aromatic N) is 3. The van der Waals surface area contributed by atoms with Gasteiger partial charge in [-0.25, -0.2) is 9.97 Å². The van der Waals surface area contributed by atoms with Gasteiger partial charge in [0.2, 0.25) is 5.95 Å². The molecule has 2 N–H and O–H groups in total. The summed E-state index contributed by atoms with van der Waals surface area (Å²) in [4.78, 5) is 10.7. The molecule has 1 aromatic heterocycles. The summed E-state index contributed by atoms with van der Waals surface area (Å²) in [6.07, 6.45) is 0.869. The Balaban J connectivity index is 1.79. The first-order valence-electron chi connectivity index (χ1n) is 6.70. The smallest absolute Gasteiger partial charge is 0.221 e. The van der Waals surface area contributed by atoms with Crippen LogP contribution in [0.25, 0.3) is 0 Å². The summed E-state index contributed by atoms with van der Waals surface area (Å²) >= 11 is 6.18. The number of aryl methyl sites for hydroxylation is 1. The number of benzene rings is 1. The second-order valence-electron chi connectivity index (χ2n) is 5.25. The third kappa shape index (κ3) is 2.76. The van der Waals surface area contributed by atoms with Gasteiger partial charge >= 0.3 is 0 Å². The van der Waals surface area contributed by atoms with E-state index >= 15 is 0 Å². The van der Waals surface area contributed by atoms with Crippen LogP contribution in [0.15, 0.2) is 24.3 Å². The lowest BCUT2D eigenvalue weighted by Crippen LogP contribution is -2.31. The third-order valence-electron chi connectivity index (χ3n) is 3.59. The van der Waals surface area contributed by atoms with Crippen molar-refractivity contribution in [2.24, 2.45) is 0 Å². The van der Waals surface area contributed by atoms with Gasteiger partial charge in [-0.15, -0.1) is 0 Å². The van der Waals surface area contributed by atoms with E-state index in [1.165, 1.54) is 11.1 Å². The van der Waals surface area contributed by atoms with Gasteiger partial charge in [-0.3, -0.25) is 4.90 Å². The van der Waals surface area contributed by atoms with Gasteiger partial charge in [0.25, 0.3) is 0 Å². The van der Waals surface area contributed by atoms with Gasteiger partial charge in [-0.05, 0) is 12.5 Å². The standard InChI is InChI=1S/C15H17ClN4/c1-10-3-2-4-11(7-10)8-20-6-5-13-12(9-20)14(16)19-15(17)18-13/h2-4,7H,5-6,8-9H2,1H3,(H2,17,18,19). The van der Waals surface area contributed by atoms with Gasteiger partial charge < -0.3 is 5.73 Å². The van der Waals surface area contributed by atoms with Gasteiger partial charge in [-0.1, -0.05) is 41.4 Å². The quantitative estimate of drug-likeness (QED) is 0.863. The first-order valence-corrected chi connectivity index (χ1v) is 7.08. The first kappa shape index (κ1) is 13.3. The number of hydrogen-bond donors (Lipinski definition) is 1. The number of hydrogen-bond acceptors (Lipinski definition) is 4. The molecule has 1 aromatic carbocycles. The summed E-state index contributed by atoms with van der Waals surface area (Å²) in [6.45, 7) is 4.78. The van der Waals surface area contributed by atoms with Crippen LogP contribution in [0.5, 0.6) is 0 Å². The van der Waals surface area contributed by atoms with Crippen LogP contribution < -0.4 is 5.73 Å². The normalized spacial score (nSPS) is 15.1. The van der Waals surface area contributed by atoms with E-state index in [-0.39, 0.29) is 5.95 Å². The molecule has 4 nitrogen and oxygen atoms in total. The molecule has 0 unspecified atom stereocenters. The molecule has 0 bridgehead atoms. The molecule has 0 saturated heterocycles. The van der Waals surface area contributed by atoms with Crippen molar-refractivity contribution in [2.45, 2.75) is 26.4 Å². The van der Waals surface area contributed by atoms with Crippen LogP contribution in [-0.4, -0.2) is 21.4 Å². The summed E-state index contributed by atoms with van der Waals surface area (Å²) in [7, 11) is 0. The molecule has 20 heavy (non-hydrogen) atoms. The maximum absolute atomic E-state index is 6.18. The maximum Gasteiger partial charge on any atom is 0.221 e. The molecule has 0 fully saturated rings. The number of nitrogens with two attached hydrogens (primary N) is 1. The number of fused-ring (bicyclic) bond motifs is 1. The van der Waals surface area contributed by atoms with E-state index in [0.717, 1.165) is 37.3 Å². The van der Waals surface area contributed by atoms with Crippen molar-refractivity contribution < 1.29 is 0 Å². The second-order valence-corrected chi connectivity index (χ2v) is 5.61. The van der Waals surface area contributed by atoms with E-state index in [1.54, 1.807) is 0 Å². The molecule has 5 heteroatoms. The molecule has 2 heterocycles. The fourth-order valence-corrected chi connectivity index (χ4v) is 2.91. The minimum absolute atomic E-state index is 0.265. The minimum atomic E-state index is 0.265. The fraction of sp³-hybridized carbons (Fsp3) is 0.333. The van der Waals surface area contributed by atoms with Gasteiger partial charge in [0.05, 0.1) is 5.69 Å². The Morgan fingerprint density at radius 3 is 3.00 bits per heavy atom. The van der Waals surface area contributed by atoms with Crippen molar-refractivity contribution in [3.05, 3.63) is 51.8 Å². The summed E-state index contributed by atoms with van der Waals surface area (Å²) in [5.74, 6) is 0.265. The predicted molar refractivity (Wildman–Crippen MR) is 80.5 cm³/mol. The van der Waals surface area contributed by atoms with E-state index in [0.29, 0.717) is 5.15 Å². The summed E-state index contributed by atoms with van der Waals surface area (Å²) in [5, 5.41) is 0.487. The Morgan fingerprint density at radius 1 is 1.35 bits per heavy atom. The van der Waals surface area contributed by atoms with Crippen molar-refractivity contribution in [1.29, 1.82) is 0 Å². The lowest BCUT2D eigenvalue weighted by atomic mass is 10.1. The molecular weight excluding hydrogens is 272 g/mol. The van der Waals surface area contributed by atoms with E-state index in [2.05, 4.69) is 46.1 Å². The van der Waals surface area contributed by atoms with Crippen LogP contribution in [-0.2, 0) is 19.5 Å². The molecule has 0 aliphatic carbocycles. The predicted octanol–water partition coefficient (Wildman–Crippen LogP) is 2.58. The Labute approximate surface area is 123 Å². The first-order chi connectivity index (χ1) is 9.61. The number of anilines is 1. The zero-order valence-electron chi connectivity index (χ0n) is 11.4. The molecule has 0 atom stereocenters. The Kier molecular flexibility index (Phi) is 3.59. The van der Waals surface area contributed by atoms with Crippen LogP contribution in [0.4, 0.5) is 5.95 Å². The molecule has 3 rings (SSSR count). The van der Waals surface area contributed by atoms with Crippen LogP contribution in [0.1, 0.15) is 22.4 Å². The van der Waals surface area contributed by atoms with Crippen molar-refractivity contribution in [2.75, 3.05) is 12.3 Å². The van der Waals surface area contributed by atoms with E-state index in [9.17, 15) is 0 Å². The summed E-state index contributed by atoms with van der Waals surface area (Å²) in [6, 6.07) is 8.59. The van der Waals surface area contributed by atoms with Crippen molar-refractivity contribution in [3.63, 3.8) is 0 Å². The maximum atomic E-state index is 6.18. The topological polar surface area (TPSA) is 55.0 Å². The second kappa shape index (κ2) is 5.38. The summed E-state index contributed by atoms with van der Waals surface area (Å²) in [5.41, 5.74) is 10.2. The molecule has 1 aliphatic heterocycles. The Hall–Kier alpha value is -1.65. The van der Waals surface area contributed by atoms with E-state index in [1.807, 2.05) is 0 Å². The summed E-state index contributed by atoms with van der Waals surface area (Å²) < 4.78 is 0. The van der Waals surface area contributed by atoms with Crippen LogP contribution in [0.3, 0.4) is 0 Å². The average Bonchev–Trinajstić information content (AvgIpc) is 2.39. The molecule has 0 radical (unpaired) electrons. The number of halogens is 1. The Bertz CT molecular complexity index is 642. The van der Waals surface area contributed by atoms with Crippen LogP contribution in [0, 0.1) is 6.92 Å². The van der Waals surface area contributed by atoms with Gasteiger partial charge in [0, 0.05) is 31.6 Å². The minimum Gasteiger partial charge on any atom is -0.368 e. The molecule has 0 saturated carbocycles. The highest BCUT2D eigenvalue weighted by Crippen LogP contribution is 2.25. The van der Waals surface area contributed by atoms with Crippen LogP contribution >= 0.6 is 11.6 Å². The van der Waals surface area contributed by atoms with E-state index in [4.69, 9.17) is 17.3 Å². The fourth-order valence-electron chi connectivity index (χ4n) is 2.65. The van der Waals surface area contributed by atoms with Crippen molar-refractivity contribution in [1.82, 2.24) is 14.9 Å². The molecular formula is C15H17ClN4. The lowest BCUT2D eigenvalue weighted by molar-refractivity contribution is 0.243. The molecule has 0 amide bonds. The SMILES string of the molecule is Cc1cccc(CN2CCc3nc(N)nc(Cl)c3C2)c1. The molecule has 104 valence electrons. The number of aromatic nitrogens is 2. The molecule has 2 aromatic rings. The molecule has 0 spiro atoms. The highest BCUT2D eigenvalue weighted by molar-refractivity contribution is 6.30. The van der Waals surface area contributed by atoms with Crippen molar-refractivity contribution in [3.8, 4) is 0 Å². The van der Waals surface area contributed by atoms with Gasteiger partial charge in [0.15, 0.2) is 0 Å². The zero-order chi connectivity index (χ0) is 14.1. The third-order valence-corrected chi connectivity index (χ3v) is 3.91. The van der Waals surface area contributed by atoms with Crippen LogP contribution in [0.2, 0.25) is 5.15 Å². The zero-order valence-corrected chi connectivity index (χ0v) is 12.2. The number of rotatable bonds is 2. The highest BCUT2D eigenvalue weighted by atomic mass is 35.5. The largest absolute Gasteiger partial charge is 0.368 e. The van der Waals surface area contributed by atoms with Gasteiger partial charge in [-0.2, -0.15) is 0 Å². The van der Waals surface area contributed by atoms with E-state index < -0.39 is 0 Å². The van der Waals surface area contributed by atoms with Crippen molar-refractivity contribution >= 4 is 17.5 Å².